The quantitative estimate of drug-likeness (QED) is 0.456. The van der Waals surface area contributed by atoms with E-state index >= 15 is 0 Å². The zero-order chi connectivity index (χ0) is 9.84. The Hall–Kier alpha value is -1.70. The molecule has 13 heavy (non-hydrogen) atoms. The Morgan fingerprint density at radius 1 is 1.85 bits per heavy atom. The molecule has 0 aromatic carbocycles. The van der Waals surface area contributed by atoms with Crippen molar-refractivity contribution in [1.82, 2.24) is 10.2 Å². The lowest BCUT2D eigenvalue weighted by Gasteiger charge is -2.34. The van der Waals surface area contributed by atoms with E-state index < -0.39 is 12.1 Å². The molecule has 0 saturated carbocycles. The normalized spacial score (nSPS) is 19.6. The lowest BCUT2D eigenvalue weighted by atomic mass is 10.1. The fourth-order valence-electron chi connectivity index (χ4n) is 1.10. The van der Waals surface area contributed by atoms with Gasteiger partial charge in [-0.25, -0.2) is 4.79 Å². The number of rotatable bonds is 3. The second-order valence-corrected chi connectivity index (χ2v) is 2.69. The maximum Gasteiger partial charge on any atom is 0.408 e. The minimum Gasteiger partial charge on any atom is -0.465 e. The fraction of sp³-hybridized carbons (Fsp3) is 0.500. The Kier molecular flexibility index (Phi) is 2.75. The van der Waals surface area contributed by atoms with Crippen molar-refractivity contribution in [1.29, 1.82) is 0 Å². The summed E-state index contributed by atoms with van der Waals surface area (Å²) in [5, 5.41) is 11.2. The zero-order valence-corrected chi connectivity index (χ0v) is 6.99. The number of carboxylic acid groups (broad SMARTS) is 1. The molecule has 0 aliphatic carbocycles. The third-order valence-corrected chi connectivity index (χ3v) is 1.89. The van der Waals surface area contributed by atoms with Crippen molar-refractivity contribution in [2.24, 2.45) is 0 Å². The first-order valence-corrected chi connectivity index (χ1v) is 3.87. The van der Waals surface area contributed by atoms with Crippen molar-refractivity contribution in [2.45, 2.75) is 12.5 Å². The molecule has 1 rings (SSSR count). The Morgan fingerprint density at radius 3 is 2.85 bits per heavy atom. The average Bonchev–Trinajstić information content (AvgIpc) is 2.08. The molecule has 70 valence electrons. The molecule has 1 fully saturated rings. The van der Waals surface area contributed by atoms with E-state index in [2.05, 4.69) is 11.2 Å². The van der Waals surface area contributed by atoms with Gasteiger partial charge in [0, 0.05) is 19.5 Å². The highest BCUT2D eigenvalue weighted by atomic mass is 16.4. The minimum atomic E-state index is -1.10. The average molecular weight is 182 g/mol. The first-order valence-electron chi connectivity index (χ1n) is 3.87. The van der Waals surface area contributed by atoms with Gasteiger partial charge in [-0.2, -0.15) is 0 Å². The van der Waals surface area contributed by atoms with Gasteiger partial charge < -0.3 is 10.4 Å². The largest absolute Gasteiger partial charge is 0.465 e. The summed E-state index contributed by atoms with van der Waals surface area (Å²) in [5.74, 6) is 2.08. The molecule has 1 aliphatic heterocycles. The molecule has 5 heteroatoms. The van der Waals surface area contributed by atoms with Gasteiger partial charge in [0.25, 0.3) is 0 Å². The smallest absolute Gasteiger partial charge is 0.408 e. The second kappa shape index (κ2) is 3.81. The van der Waals surface area contributed by atoms with Gasteiger partial charge in [0.05, 0.1) is 0 Å². The van der Waals surface area contributed by atoms with E-state index in [1.54, 1.807) is 0 Å². The van der Waals surface area contributed by atoms with E-state index in [9.17, 15) is 9.59 Å². The van der Waals surface area contributed by atoms with Gasteiger partial charge in [0.15, 0.2) is 0 Å². The summed E-state index contributed by atoms with van der Waals surface area (Å²) in [6, 6.07) is -0.550. The van der Waals surface area contributed by atoms with E-state index in [0.29, 0.717) is 13.0 Å². The Morgan fingerprint density at radius 2 is 2.54 bits per heavy atom. The molecule has 2 N–H and O–H groups in total. The summed E-state index contributed by atoms with van der Waals surface area (Å²) in [6.45, 7) is 0.597. The molecule has 2 amide bonds. The van der Waals surface area contributed by atoms with Crippen molar-refractivity contribution in [3.63, 3.8) is 0 Å². The van der Waals surface area contributed by atoms with Gasteiger partial charge >= 0.3 is 6.09 Å². The zero-order valence-electron chi connectivity index (χ0n) is 6.99. The Balaban J connectivity index is 2.52. The number of nitrogens with one attached hydrogen (secondary N) is 1. The van der Waals surface area contributed by atoms with Gasteiger partial charge in [0.1, 0.15) is 6.04 Å². The van der Waals surface area contributed by atoms with Crippen molar-refractivity contribution < 1.29 is 14.7 Å². The molecule has 1 saturated heterocycles. The maximum atomic E-state index is 10.9. The number of amides is 2. The van der Waals surface area contributed by atoms with Gasteiger partial charge in [0.2, 0.25) is 5.91 Å². The monoisotopic (exact) mass is 182 g/mol. The number of carbonyl (C=O) groups excluding carboxylic acids is 1. The highest BCUT2D eigenvalue weighted by Gasteiger charge is 2.35. The summed E-state index contributed by atoms with van der Waals surface area (Å²) in [7, 11) is 0. The first kappa shape index (κ1) is 9.39. The van der Waals surface area contributed by atoms with Crippen LogP contribution >= 0.6 is 0 Å². The minimum absolute atomic E-state index is 0.212. The van der Waals surface area contributed by atoms with Crippen LogP contribution in [-0.2, 0) is 4.79 Å². The van der Waals surface area contributed by atoms with Gasteiger partial charge in [-0.1, -0.05) is 0 Å². The molecule has 1 atom stereocenters. The number of carbonyl (C=O) groups is 2. The van der Waals surface area contributed by atoms with Crippen molar-refractivity contribution >= 4 is 12.0 Å². The fourth-order valence-corrected chi connectivity index (χ4v) is 1.10. The van der Waals surface area contributed by atoms with Crippen LogP contribution in [0, 0.1) is 12.3 Å². The third kappa shape index (κ3) is 1.90. The van der Waals surface area contributed by atoms with Crippen LogP contribution in [-0.4, -0.2) is 41.1 Å². The summed E-state index contributed by atoms with van der Waals surface area (Å²) in [4.78, 5) is 22.6. The number of terminal acetylenes is 1. The number of β-lactam (4-membered cyclic amide) rings is 1. The molecular formula is C8H10N2O3. The first-order chi connectivity index (χ1) is 6.16. The van der Waals surface area contributed by atoms with E-state index in [4.69, 9.17) is 11.5 Å². The van der Waals surface area contributed by atoms with Gasteiger partial charge in [-0.05, 0) is 0 Å². The van der Waals surface area contributed by atoms with Crippen LogP contribution in [0.3, 0.4) is 0 Å². The van der Waals surface area contributed by atoms with Crippen molar-refractivity contribution in [2.75, 3.05) is 13.1 Å². The highest BCUT2D eigenvalue weighted by Crippen LogP contribution is 2.07. The lowest BCUT2D eigenvalue weighted by molar-refractivity contribution is -0.132. The SMILES string of the molecule is C#CCCN(C(=O)O)C1CNC1=O. The number of nitrogens with zero attached hydrogens (tertiary/aromatic N) is 1. The van der Waals surface area contributed by atoms with Gasteiger partial charge in [-0.15, -0.1) is 12.3 Å². The molecule has 0 aromatic rings. The van der Waals surface area contributed by atoms with Crippen LogP contribution in [0.15, 0.2) is 0 Å². The summed E-state index contributed by atoms with van der Waals surface area (Å²) >= 11 is 0. The highest BCUT2D eigenvalue weighted by molar-refractivity contribution is 5.90. The van der Waals surface area contributed by atoms with Crippen LogP contribution < -0.4 is 5.32 Å². The predicted molar refractivity (Wildman–Crippen MR) is 45.0 cm³/mol. The topological polar surface area (TPSA) is 69.6 Å². The number of hydrogen-bond acceptors (Lipinski definition) is 2. The molecule has 0 radical (unpaired) electrons. The molecule has 1 aliphatic rings. The van der Waals surface area contributed by atoms with E-state index in [-0.39, 0.29) is 12.5 Å². The molecule has 0 bridgehead atoms. The third-order valence-electron chi connectivity index (χ3n) is 1.89. The summed E-state index contributed by atoms with van der Waals surface area (Å²) < 4.78 is 0. The van der Waals surface area contributed by atoms with Crippen LogP contribution in [0.25, 0.3) is 0 Å². The van der Waals surface area contributed by atoms with Crippen molar-refractivity contribution in [3.05, 3.63) is 0 Å². The summed E-state index contributed by atoms with van der Waals surface area (Å²) in [6.07, 6.45) is 4.23. The van der Waals surface area contributed by atoms with Gasteiger partial charge in [-0.3, -0.25) is 9.69 Å². The van der Waals surface area contributed by atoms with Crippen LogP contribution in [0.4, 0.5) is 4.79 Å². The number of hydrogen-bond donors (Lipinski definition) is 2. The van der Waals surface area contributed by atoms with E-state index in [1.807, 2.05) is 0 Å². The second-order valence-electron chi connectivity index (χ2n) is 2.69. The molecule has 0 spiro atoms. The Labute approximate surface area is 75.7 Å². The summed E-state index contributed by atoms with van der Waals surface area (Å²) in [5.41, 5.74) is 0. The lowest BCUT2D eigenvalue weighted by Crippen LogP contribution is -2.63. The van der Waals surface area contributed by atoms with E-state index in [0.717, 1.165) is 4.90 Å². The van der Waals surface area contributed by atoms with E-state index in [1.165, 1.54) is 0 Å². The Bertz CT molecular complexity index is 269. The maximum absolute atomic E-state index is 10.9. The molecule has 5 nitrogen and oxygen atoms in total. The van der Waals surface area contributed by atoms with Crippen LogP contribution in [0.5, 0.6) is 0 Å². The molecular weight excluding hydrogens is 172 g/mol. The molecule has 1 unspecified atom stereocenters. The standard InChI is InChI=1S/C8H10N2O3/c1-2-3-4-10(8(12)13)6-5-9-7(6)11/h1,6H,3-5H2,(H,9,11)(H,12,13). The molecule has 0 aromatic heterocycles. The van der Waals surface area contributed by atoms with Crippen LogP contribution in [0.1, 0.15) is 6.42 Å². The molecule has 1 heterocycles. The predicted octanol–water partition coefficient (Wildman–Crippen LogP) is -0.512. The van der Waals surface area contributed by atoms with Crippen molar-refractivity contribution in [3.8, 4) is 12.3 Å². The van der Waals surface area contributed by atoms with Crippen LogP contribution in [0.2, 0.25) is 0 Å².